The average Bonchev–Trinajstić information content (AvgIpc) is 3.04. The molecule has 6 nitrogen and oxygen atoms in total. The molecule has 0 amide bonds. The Bertz CT molecular complexity index is 816. The van der Waals surface area contributed by atoms with Crippen molar-refractivity contribution in [1.29, 1.82) is 0 Å². The second-order valence-electron chi connectivity index (χ2n) is 4.35. The summed E-state index contributed by atoms with van der Waals surface area (Å²) in [6.45, 7) is 0. The topological polar surface area (TPSA) is 76.2 Å². The molecule has 1 aromatic heterocycles. The molecule has 22 heavy (non-hydrogen) atoms. The number of halogens is 2. The Labute approximate surface area is 135 Å². The van der Waals surface area contributed by atoms with E-state index in [1.54, 1.807) is 18.2 Å². The molecule has 0 radical (unpaired) electrons. The Morgan fingerprint density at radius 3 is 2.59 bits per heavy atom. The van der Waals surface area contributed by atoms with E-state index >= 15 is 0 Å². The maximum absolute atomic E-state index is 9.86. The van der Waals surface area contributed by atoms with Gasteiger partial charge in [-0.1, -0.05) is 23.2 Å². The van der Waals surface area contributed by atoms with Crippen molar-refractivity contribution in [2.24, 2.45) is 4.99 Å². The maximum atomic E-state index is 9.86. The lowest BCUT2D eigenvalue weighted by Crippen LogP contribution is -1.93. The van der Waals surface area contributed by atoms with Gasteiger partial charge in [0.15, 0.2) is 0 Å². The van der Waals surface area contributed by atoms with Crippen molar-refractivity contribution in [3.63, 3.8) is 0 Å². The molecule has 8 heteroatoms. The summed E-state index contributed by atoms with van der Waals surface area (Å²) in [5.41, 5.74) is 1.96. The third kappa shape index (κ3) is 3.08. The number of benzene rings is 2. The summed E-state index contributed by atoms with van der Waals surface area (Å²) >= 11 is 11.8. The van der Waals surface area contributed by atoms with Crippen LogP contribution in [0, 0.1) is 0 Å². The number of hydrogen-bond donors (Lipinski definition) is 1. The number of nitrogens with zero attached hydrogens (tertiary/aromatic N) is 5. The summed E-state index contributed by atoms with van der Waals surface area (Å²) in [7, 11) is 0. The molecule has 2 aromatic carbocycles. The molecular weight excluding hydrogens is 325 g/mol. The van der Waals surface area contributed by atoms with Crippen molar-refractivity contribution in [2.75, 3.05) is 0 Å². The van der Waals surface area contributed by atoms with Crippen LogP contribution in [0.4, 0.5) is 5.69 Å². The number of aromatic hydroxyl groups is 1. The van der Waals surface area contributed by atoms with Crippen LogP contribution in [0.15, 0.2) is 47.7 Å². The molecule has 0 aliphatic carbocycles. The second-order valence-corrected chi connectivity index (χ2v) is 5.20. The van der Waals surface area contributed by atoms with Crippen LogP contribution in [-0.2, 0) is 0 Å². The molecule has 0 bridgehead atoms. The lowest BCUT2D eigenvalue weighted by molar-refractivity contribution is 0.475. The molecule has 0 saturated heterocycles. The summed E-state index contributed by atoms with van der Waals surface area (Å²) in [5, 5.41) is 21.4. The van der Waals surface area contributed by atoms with Crippen molar-refractivity contribution in [1.82, 2.24) is 20.2 Å². The molecule has 3 aromatic rings. The summed E-state index contributed by atoms with van der Waals surface area (Å²) in [6, 6.07) is 10.3. The van der Waals surface area contributed by atoms with Gasteiger partial charge >= 0.3 is 0 Å². The molecule has 1 heterocycles. The van der Waals surface area contributed by atoms with E-state index in [9.17, 15) is 5.11 Å². The number of aliphatic imine (C=N–C) groups is 1. The van der Waals surface area contributed by atoms with Gasteiger partial charge < -0.3 is 5.11 Å². The number of tetrazole rings is 1. The Balaban J connectivity index is 1.84. The van der Waals surface area contributed by atoms with Gasteiger partial charge in [-0.25, -0.2) is 4.68 Å². The minimum Gasteiger partial charge on any atom is -0.506 e. The highest BCUT2D eigenvalue weighted by Crippen LogP contribution is 2.30. The largest absolute Gasteiger partial charge is 0.506 e. The van der Waals surface area contributed by atoms with Gasteiger partial charge in [0.25, 0.3) is 0 Å². The van der Waals surface area contributed by atoms with Crippen molar-refractivity contribution < 1.29 is 5.11 Å². The van der Waals surface area contributed by atoms with E-state index in [0.717, 1.165) is 5.69 Å². The van der Waals surface area contributed by atoms with E-state index in [-0.39, 0.29) is 10.8 Å². The lowest BCUT2D eigenvalue weighted by atomic mass is 10.2. The van der Waals surface area contributed by atoms with Crippen molar-refractivity contribution in [3.8, 4) is 11.4 Å². The van der Waals surface area contributed by atoms with Crippen molar-refractivity contribution >= 4 is 35.1 Å². The Morgan fingerprint density at radius 1 is 1.14 bits per heavy atom. The summed E-state index contributed by atoms with van der Waals surface area (Å²) in [6.07, 6.45) is 3.00. The fourth-order valence-corrected chi connectivity index (χ4v) is 2.31. The highest BCUT2D eigenvalue weighted by Gasteiger charge is 2.06. The molecule has 1 N–H and O–H groups in total. The smallest absolute Gasteiger partial charge is 0.143 e. The quantitative estimate of drug-likeness (QED) is 0.745. The Hall–Kier alpha value is -2.44. The monoisotopic (exact) mass is 333 g/mol. The number of hydrogen-bond acceptors (Lipinski definition) is 5. The van der Waals surface area contributed by atoms with Crippen LogP contribution < -0.4 is 0 Å². The van der Waals surface area contributed by atoms with Gasteiger partial charge in [-0.15, -0.1) is 5.10 Å². The predicted molar refractivity (Wildman–Crippen MR) is 84.5 cm³/mol. The molecule has 0 fully saturated rings. The molecule has 0 aliphatic rings. The molecule has 0 saturated carbocycles. The van der Waals surface area contributed by atoms with Crippen LogP contribution in [-0.4, -0.2) is 31.5 Å². The zero-order chi connectivity index (χ0) is 15.5. The first-order valence-electron chi connectivity index (χ1n) is 6.19. The third-order valence-corrected chi connectivity index (χ3v) is 3.38. The first-order valence-corrected chi connectivity index (χ1v) is 6.94. The lowest BCUT2D eigenvalue weighted by Gasteiger charge is -2.03. The second kappa shape index (κ2) is 6.13. The average molecular weight is 334 g/mol. The molecule has 110 valence electrons. The minimum absolute atomic E-state index is 0.0554. The van der Waals surface area contributed by atoms with Gasteiger partial charge in [0.05, 0.1) is 16.4 Å². The summed E-state index contributed by atoms with van der Waals surface area (Å²) in [5.74, 6) is -0.0554. The number of rotatable bonds is 3. The predicted octanol–water partition coefficient (Wildman–Crippen LogP) is 3.43. The van der Waals surface area contributed by atoms with Gasteiger partial charge in [-0.2, -0.15) is 0 Å². The van der Waals surface area contributed by atoms with Crippen LogP contribution >= 0.6 is 23.2 Å². The SMILES string of the molecule is Oc1c(Cl)cc(Cl)cc1C=Nc1ccc(-n2cnnn2)cc1. The highest BCUT2D eigenvalue weighted by atomic mass is 35.5. The zero-order valence-corrected chi connectivity index (χ0v) is 12.6. The van der Waals surface area contributed by atoms with Crippen LogP contribution in [0.5, 0.6) is 5.75 Å². The normalized spacial score (nSPS) is 11.2. The number of phenols is 1. The maximum Gasteiger partial charge on any atom is 0.143 e. The fraction of sp³-hybridized carbons (Fsp3) is 0. The third-order valence-electron chi connectivity index (χ3n) is 2.87. The van der Waals surface area contributed by atoms with Crippen molar-refractivity contribution in [2.45, 2.75) is 0 Å². The molecule has 3 rings (SSSR count). The van der Waals surface area contributed by atoms with Crippen LogP contribution in [0.1, 0.15) is 5.56 Å². The van der Waals surface area contributed by atoms with Gasteiger partial charge in [0.1, 0.15) is 12.1 Å². The standard InChI is InChI=1S/C14H9Cl2N5O/c15-10-5-9(14(22)13(16)6-10)7-17-11-1-3-12(4-2-11)21-8-18-19-20-21/h1-8,22H. The zero-order valence-electron chi connectivity index (χ0n) is 11.1. The van der Waals surface area contributed by atoms with E-state index in [0.29, 0.717) is 16.3 Å². The molecule has 0 aliphatic heterocycles. The van der Waals surface area contributed by atoms with Crippen LogP contribution in [0.3, 0.4) is 0 Å². The fourth-order valence-electron chi connectivity index (χ4n) is 1.80. The van der Waals surface area contributed by atoms with E-state index in [4.69, 9.17) is 23.2 Å². The van der Waals surface area contributed by atoms with E-state index in [1.807, 2.05) is 12.1 Å². The first kappa shape index (κ1) is 14.5. The summed E-state index contributed by atoms with van der Waals surface area (Å²) in [4.78, 5) is 4.28. The van der Waals surface area contributed by atoms with Crippen molar-refractivity contribution in [3.05, 3.63) is 58.3 Å². The molecule has 0 atom stereocenters. The molecule has 0 spiro atoms. The first-order chi connectivity index (χ1) is 10.6. The number of aromatic nitrogens is 4. The number of phenolic OH excluding ortho intramolecular Hbond substituents is 1. The molecular formula is C14H9Cl2N5O. The van der Waals surface area contributed by atoms with E-state index in [2.05, 4.69) is 20.5 Å². The van der Waals surface area contributed by atoms with E-state index < -0.39 is 0 Å². The van der Waals surface area contributed by atoms with Crippen LogP contribution in [0.2, 0.25) is 10.0 Å². The van der Waals surface area contributed by atoms with Gasteiger partial charge in [-0.3, -0.25) is 4.99 Å². The van der Waals surface area contributed by atoms with Gasteiger partial charge in [-0.05, 0) is 46.8 Å². The highest BCUT2D eigenvalue weighted by molar-refractivity contribution is 6.36. The van der Waals surface area contributed by atoms with Gasteiger partial charge in [0.2, 0.25) is 0 Å². The van der Waals surface area contributed by atoms with Gasteiger partial charge in [0, 0.05) is 16.8 Å². The molecule has 0 unspecified atom stereocenters. The Kier molecular flexibility index (Phi) is 4.04. The van der Waals surface area contributed by atoms with E-state index in [1.165, 1.54) is 23.3 Å². The Morgan fingerprint density at radius 2 is 1.91 bits per heavy atom. The minimum atomic E-state index is -0.0554. The van der Waals surface area contributed by atoms with Crippen LogP contribution in [0.25, 0.3) is 5.69 Å². The summed E-state index contributed by atoms with van der Waals surface area (Å²) < 4.78 is 1.54.